The van der Waals surface area contributed by atoms with Gasteiger partial charge in [-0.05, 0) is 31.3 Å². The van der Waals surface area contributed by atoms with Crippen molar-refractivity contribution >= 4 is 29.2 Å². The average molecular weight is 302 g/mol. The maximum absolute atomic E-state index is 6.11. The molecule has 3 nitrogen and oxygen atoms in total. The summed E-state index contributed by atoms with van der Waals surface area (Å²) in [6.45, 7) is 3.10. The van der Waals surface area contributed by atoms with Crippen LogP contribution < -0.4 is 5.32 Å². The second kappa shape index (κ2) is 10.3. The number of anilines is 1. The smallest absolute Gasteiger partial charge is 0.137 e. The van der Waals surface area contributed by atoms with Crippen LogP contribution in [0, 0.1) is 0 Å². The minimum absolute atomic E-state index is 0.583. The number of hydrogen-bond donors (Lipinski definition) is 1. The van der Waals surface area contributed by atoms with Crippen LogP contribution in [0.3, 0.4) is 0 Å². The Balaban J connectivity index is 2.30. The zero-order valence-electron chi connectivity index (χ0n) is 11.9. The van der Waals surface area contributed by atoms with Gasteiger partial charge < -0.3 is 5.32 Å². The molecule has 0 aromatic carbocycles. The van der Waals surface area contributed by atoms with E-state index in [0.717, 1.165) is 30.8 Å². The summed E-state index contributed by atoms with van der Waals surface area (Å²) in [5.41, 5.74) is 1.05. The first-order valence-corrected chi connectivity index (χ1v) is 8.79. The van der Waals surface area contributed by atoms with E-state index in [1.807, 2.05) is 11.8 Å². The molecule has 5 heteroatoms. The number of halogens is 1. The highest BCUT2D eigenvalue weighted by Crippen LogP contribution is 2.21. The molecule has 108 valence electrons. The molecule has 0 radical (unpaired) electrons. The van der Waals surface area contributed by atoms with Crippen LogP contribution in [0.15, 0.2) is 6.33 Å². The first kappa shape index (κ1) is 16.6. The van der Waals surface area contributed by atoms with E-state index in [1.165, 1.54) is 37.8 Å². The molecule has 0 unspecified atom stereocenters. The molecule has 0 bridgehead atoms. The first-order chi connectivity index (χ1) is 9.29. The molecule has 0 aliphatic rings. The standard InChI is InChI=1S/C14H24ClN3S/c1-3-8-12-13(15)17-11-18-14(12)16-9-6-4-5-7-10-19-2/h11H,3-10H2,1-2H3,(H,16,17,18). The van der Waals surface area contributed by atoms with Gasteiger partial charge in [-0.2, -0.15) is 11.8 Å². The molecule has 19 heavy (non-hydrogen) atoms. The van der Waals surface area contributed by atoms with E-state index in [-0.39, 0.29) is 0 Å². The van der Waals surface area contributed by atoms with E-state index < -0.39 is 0 Å². The van der Waals surface area contributed by atoms with Crippen LogP contribution in [0.4, 0.5) is 5.82 Å². The zero-order valence-corrected chi connectivity index (χ0v) is 13.5. The fraction of sp³-hybridized carbons (Fsp3) is 0.714. The Kier molecular flexibility index (Phi) is 9.01. The Hall–Kier alpha value is -0.480. The van der Waals surface area contributed by atoms with Gasteiger partial charge in [-0.15, -0.1) is 0 Å². The van der Waals surface area contributed by atoms with Crippen LogP contribution in [0.1, 0.15) is 44.6 Å². The lowest BCUT2D eigenvalue weighted by atomic mass is 10.1. The van der Waals surface area contributed by atoms with Crippen molar-refractivity contribution in [1.82, 2.24) is 9.97 Å². The first-order valence-electron chi connectivity index (χ1n) is 7.01. The summed E-state index contributed by atoms with van der Waals surface area (Å²) >= 11 is 8.04. The van der Waals surface area contributed by atoms with E-state index in [9.17, 15) is 0 Å². The molecular formula is C14H24ClN3S. The van der Waals surface area contributed by atoms with Crippen molar-refractivity contribution in [2.75, 3.05) is 23.9 Å². The van der Waals surface area contributed by atoms with E-state index >= 15 is 0 Å². The number of nitrogens with one attached hydrogen (secondary N) is 1. The van der Waals surface area contributed by atoms with Gasteiger partial charge in [0.25, 0.3) is 0 Å². The molecule has 0 saturated heterocycles. The Bertz CT molecular complexity index is 361. The molecule has 0 amide bonds. The van der Waals surface area contributed by atoms with Gasteiger partial charge in [0.2, 0.25) is 0 Å². The normalized spacial score (nSPS) is 10.7. The summed E-state index contributed by atoms with van der Waals surface area (Å²) in [4.78, 5) is 8.34. The number of nitrogens with zero attached hydrogens (tertiary/aromatic N) is 2. The molecule has 1 heterocycles. The third kappa shape index (κ3) is 6.48. The van der Waals surface area contributed by atoms with Crippen molar-refractivity contribution in [2.24, 2.45) is 0 Å². The van der Waals surface area contributed by atoms with Crippen LogP contribution in [0.25, 0.3) is 0 Å². The lowest BCUT2D eigenvalue weighted by Gasteiger charge is -2.11. The Morgan fingerprint density at radius 2 is 2.00 bits per heavy atom. The van der Waals surface area contributed by atoms with Crippen molar-refractivity contribution in [3.8, 4) is 0 Å². The van der Waals surface area contributed by atoms with Crippen molar-refractivity contribution in [3.63, 3.8) is 0 Å². The van der Waals surface area contributed by atoms with Crippen LogP contribution in [-0.2, 0) is 6.42 Å². The number of thioether (sulfide) groups is 1. The molecule has 0 atom stereocenters. The van der Waals surface area contributed by atoms with Gasteiger partial charge >= 0.3 is 0 Å². The summed E-state index contributed by atoms with van der Waals surface area (Å²) in [6.07, 6.45) is 10.8. The summed E-state index contributed by atoms with van der Waals surface area (Å²) in [7, 11) is 0. The van der Waals surface area contributed by atoms with Gasteiger partial charge in [-0.3, -0.25) is 0 Å². The predicted molar refractivity (Wildman–Crippen MR) is 86.4 cm³/mol. The molecule has 0 fully saturated rings. The second-order valence-electron chi connectivity index (χ2n) is 4.58. The maximum atomic E-state index is 6.11. The average Bonchev–Trinajstić information content (AvgIpc) is 2.41. The van der Waals surface area contributed by atoms with Gasteiger partial charge in [0, 0.05) is 12.1 Å². The molecule has 0 spiro atoms. The molecule has 1 rings (SSSR count). The third-order valence-electron chi connectivity index (χ3n) is 2.96. The van der Waals surface area contributed by atoms with E-state index in [2.05, 4.69) is 28.5 Å². The zero-order chi connectivity index (χ0) is 13.9. The SMILES string of the molecule is CCCc1c(Cl)ncnc1NCCCCCCSC. The molecule has 0 aliphatic heterocycles. The molecule has 1 aromatic heterocycles. The molecule has 1 N–H and O–H groups in total. The van der Waals surface area contributed by atoms with Crippen molar-refractivity contribution in [2.45, 2.75) is 45.4 Å². The van der Waals surface area contributed by atoms with Gasteiger partial charge in [0.05, 0.1) is 0 Å². The summed E-state index contributed by atoms with van der Waals surface area (Å²) in [6, 6.07) is 0. The fourth-order valence-electron chi connectivity index (χ4n) is 1.95. The monoisotopic (exact) mass is 301 g/mol. The quantitative estimate of drug-likeness (QED) is 0.513. The van der Waals surface area contributed by atoms with E-state index in [1.54, 1.807) is 0 Å². The van der Waals surface area contributed by atoms with Gasteiger partial charge in [0.1, 0.15) is 17.3 Å². The van der Waals surface area contributed by atoms with E-state index in [4.69, 9.17) is 11.6 Å². The van der Waals surface area contributed by atoms with Gasteiger partial charge in [-0.25, -0.2) is 9.97 Å². The number of aromatic nitrogens is 2. The van der Waals surface area contributed by atoms with Crippen LogP contribution >= 0.6 is 23.4 Å². The van der Waals surface area contributed by atoms with Crippen molar-refractivity contribution in [3.05, 3.63) is 17.0 Å². The second-order valence-corrected chi connectivity index (χ2v) is 5.92. The highest BCUT2D eigenvalue weighted by Gasteiger charge is 2.08. The van der Waals surface area contributed by atoms with Crippen LogP contribution in [0.5, 0.6) is 0 Å². The Morgan fingerprint density at radius 3 is 2.74 bits per heavy atom. The van der Waals surface area contributed by atoms with Gasteiger partial charge in [-0.1, -0.05) is 37.8 Å². The third-order valence-corrected chi connectivity index (χ3v) is 3.98. The van der Waals surface area contributed by atoms with Crippen molar-refractivity contribution in [1.29, 1.82) is 0 Å². The molecule has 0 aliphatic carbocycles. The van der Waals surface area contributed by atoms with Crippen molar-refractivity contribution < 1.29 is 0 Å². The minimum Gasteiger partial charge on any atom is -0.370 e. The fourth-order valence-corrected chi connectivity index (χ4v) is 2.67. The number of hydrogen-bond acceptors (Lipinski definition) is 4. The highest BCUT2D eigenvalue weighted by atomic mass is 35.5. The van der Waals surface area contributed by atoms with Gasteiger partial charge in [0.15, 0.2) is 0 Å². The largest absolute Gasteiger partial charge is 0.370 e. The topological polar surface area (TPSA) is 37.8 Å². The highest BCUT2D eigenvalue weighted by molar-refractivity contribution is 7.98. The van der Waals surface area contributed by atoms with E-state index in [0.29, 0.717) is 5.15 Å². The summed E-state index contributed by atoms with van der Waals surface area (Å²) in [5, 5.41) is 3.97. The molecule has 0 saturated carbocycles. The predicted octanol–water partition coefficient (Wildman–Crippen LogP) is 4.42. The molecular weight excluding hydrogens is 278 g/mol. The summed E-state index contributed by atoms with van der Waals surface area (Å²) < 4.78 is 0. The Labute approximate surface area is 125 Å². The maximum Gasteiger partial charge on any atom is 0.137 e. The number of rotatable bonds is 10. The minimum atomic E-state index is 0.583. The lowest BCUT2D eigenvalue weighted by Crippen LogP contribution is -2.07. The molecule has 1 aromatic rings. The van der Waals surface area contributed by atoms with Crippen LogP contribution in [-0.4, -0.2) is 28.5 Å². The summed E-state index contributed by atoms with van der Waals surface area (Å²) in [5.74, 6) is 2.18. The lowest BCUT2D eigenvalue weighted by molar-refractivity contribution is 0.687. The Morgan fingerprint density at radius 1 is 1.21 bits per heavy atom. The van der Waals surface area contributed by atoms with Crippen LogP contribution in [0.2, 0.25) is 5.15 Å². The number of unbranched alkanes of at least 4 members (excludes halogenated alkanes) is 3.